The molecule has 5 N–H and O–H groups in total. The summed E-state index contributed by atoms with van der Waals surface area (Å²) in [5.41, 5.74) is 3.66. The fraction of sp³-hybridized carbons (Fsp3) is 0.118. The molecule has 0 aliphatic carbocycles. The van der Waals surface area contributed by atoms with E-state index in [4.69, 9.17) is 9.47 Å². The molecule has 3 rings (SSSR count). The van der Waals surface area contributed by atoms with Crippen LogP contribution in [0.5, 0.6) is 11.5 Å². The maximum Gasteiger partial charge on any atom is 2.00 e. The van der Waals surface area contributed by atoms with Gasteiger partial charge in [-0.05, 0) is 11.6 Å². The first-order valence-electron chi connectivity index (χ1n) is 6.52. The number of methoxy groups -OCH3 is 2. The molecule has 3 aromatic rings. The number of hydrogen-bond acceptors (Lipinski definition) is 4. The topological polar surface area (TPSA) is 111 Å². The van der Waals surface area contributed by atoms with Gasteiger partial charge >= 0.3 is 19.8 Å². The van der Waals surface area contributed by atoms with E-state index in [0.717, 1.165) is 27.7 Å². The SMILES string of the molecule is [CH2-]c1ccc(-c2ncnc3cc(OC)c(OC)cc23)cc1.[NH2-].[OH3+].[Os+2]. The van der Waals surface area contributed by atoms with Gasteiger partial charge in [0.15, 0.2) is 11.5 Å². The quantitative estimate of drug-likeness (QED) is 0.403. The van der Waals surface area contributed by atoms with E-state index in [1.165, 1.54) is 0 Å². The molecule has 1 aromatic heterocycles. The molecule has 0 aliphatic heterocycles. The van der Waals surface area contributed by atoms with Gasteiger partial charge in [0.1, 0.15) is 6.33 Å². The van der Waals surface area contributed by atoms with Crippen molar-refractivity contribution >= 4 is 10.9 Å². The third-order valence-corrected chi connectivity index (χ3v) is 3.37. The van der Waals surface area contributed by atoms with Gasteiger partial charge in [0.2, 0.25) is 0 Å². The van der Waals surface area contributed by atoms with Crippen LogP contribution in [0, 0.1) is 6.92 Å². The third kappa shape index (κ3) is 4.01. The summed E-state index contributed by atoms with van der Waals surface area (Å²) in [5.74, 6) is 1.32. The minimum atomic E-state index is 0. The number of ether oxygens (including phenoxy) is 2. The molecule has 0 aliphatic rings. The van der Waals surface area contributed by atoms with Gasteiger partial charge in [-0.2, -0.15) is 24.6 Å². The van der Waals surface area contributed by atoms with Crippen molar-refractivity contribution < 1.29 is 34.7 Å². The van der Waals surface area contributed by atoms with Crippen LogP contribution in [0.25, 0.3) is 28.3 Å². The Balaban J connectivity index is 0.00000176. The van der Waals surface area contributed by atoms with E-state index in [9.17, 15) is 0 Å². The third-order valence-electron chi connectivity index (χ3n) is 3.37. The number of rotatable bonds is 3. The molecular weight excluding hydrogens is 484 g/mol. The summed E-state index contributed by atoms with van der Waals surface area (Å²) in [5, 5.41) is 0.923. The molecule has 2 aromatic carbocycles. The Kier molecular flexibility index (Phi) is 8.35. The van der Waals surface area contributed by atoms with Crippen molar-refractivity contribution in [2.24, 2.45) is 0 Å². The molecule has 0 unspecified atom stereocenters. The van der Waals surface area contributed by atoms with Crippen LogP contribution in [-0.2, 0) is 25.3 Å². The Labute approximate surface area is 154 Å². The van der Waals surface area contributed by atoms with Crippen molar-refractivity contribution in [2.75, 3.05) is 14.2 Å². The largest absolute Gasteiger partial charge is 2.00 e. The molecule has 0 amide bonds. The van der Waals surface area contributed by atoms with E-state index >= 15 is 0 Å². The standard InChI is InChI=1S/C17H15N2O2.H2N.H2O.Os/c1-11-4-6-12(7-5-11)17-13-8-15(20-2)16(21-3)9-14(13)18-10-19-17;;;/h4-10H,1H2,2-3H3;2*1H2;/q2*-1;;+2/p+1. The minimum absolute atomic E-state index is 0. The van der Waals surface area contributed by atoms with Gasteiger partial charge in [0, 0.05) is 11.5 Å². The van der Waals surface area contributed by atoms with E-state index in [1.807, 2.05) is 36.4 Å². The Bertz CT molecular complexity index is 795. The van der Waals surface area contributed by atoms with Crippen molar-refractivity contribution in [1.82, 2.24) is 9.97 Å². The van der Waals surface area contributed by atoms with Gasteiger partial charge in [-0.1, -0.05) is 0 Å². The van der Waals surface area contributed by atoms with Crippen LogP contribution in [0.2, 0.25) is 0 Å². The Morgan fingerprint density at radius 2 is 1.50 bits per heavy atom. The van der Waals surface area contributed by atoms with E-state index in [0.29, 0.717) is 11.5 Å². The Morgan fingerprint density at radius 3 is 2.08 bits per heavy atom. The van der Waals surface area contributed by atoms with E-state index in [2.05, 4.69) is 16.9 Å². The molecule has 128 valence electrons. The van der Waals surface area contributed by atoms with Gasteiger partial charge in [0.25, 0.3) is 0 Å². The summed E-state index contributed by atoms with van der Waals surface area (Å²) in [6.45, 7) is 3.90. The monoisotopic (exact) mass is 506 g/mol. The second-order valence-corrected chi connectivity index (χ2v) is 4.64. The first-order valence-corrected chi connectivity index (χ1v) is 6.52. The summed E-state index contributed by atoms with van der Waals surface area (Å²) in [4.78, 5) is 8.72. The molecule has 0 saturated heterocycles. The molecule has 0 saturated carbocycles. The number of nitrogens with zero attached hydrogens (tertiary/aromatic N) is 2. The number of aromatic nitrogens is 2. The molecule has 1 heterocycles. The predicted octanol–water partition coefficient (Wildman–Crippen LogP) is 3.29. The van der Waals surface area contributed by atoms with Gasteiger partial charge in [-0.25, -0.2) is 9.97 Å². The fourth-order valence-corrected chi connectivity index (χ4v) is 2.28. The minimum Gasteiger partial charge on any atom is -0.693 e. The van der Waals surface area contributed by atoms with Crippen LogP contribution in [0.4, 0.5) is 0 Å². The zero-order valence-corrected chi connectivity index (χ0v) is 16.0. The molecule has 6 nitrogen and oxygen atoms in total. The Morgan fingerprint density at radius 1 is 0.917 bits per heavy atom. The summed E-state index contributed by atoms with van der Waals surface area (Å²) in [6.07, 6.45) is 1.56. The normalized spacial score (nSPS) is 9.25. The number of benzene rings is 2. The van der Waals surface area contributed by atoms with Crippen molar-refractivity contribution in [3.8, 4) is 22.8 Å². The maximum atomic E-state index is 5.36. The first kappa shape index (κ1) is 21.8. The predicted molar refractivity (Wildman–Crippen MR) is 92.7 cm³/mol. The average molecular weight is 505 g/mol. The zero-order chi connectivity index (χ0) is 14.8. The summed E-state index contributed by atoms with van der Waals surface area (Å²) in [7, 11) is 3.23. The zero-order valence-electron chi connectivity index (χ0n) is 13.5. The average Bonchev–Trinajstić information content (AvgIpc) is 2.53. The molecular formula is C17H20N3O3Os+. The molecule has 0 fully saturated rings. The van der Waals surface area contributed by atoms with Gasteiger partial charge in [-0.3, -0.25) is 0 Å². The number of fused-ring (bicyclic) bond motifs is 1. The molecule has 0 atom stereocenters. The molecule has 7 heteroatoms. The van der Waals surface area contributed by atoms with Crippen LogP contribution in [0.1, 0.15) is 5.56 Å². The maximum absolute atomic E-state index is 5.36. The van der Waals surface area contributed by atoms with Crippen LogP contribution < -0.4 is 9.47 Å². The van der Waals surface area contributed by atoms with E-state index in [1.54, 1.807) is 20.5 Å². The van der Waals surface area contributed by atoms with Crippen molar-refractivity contribution in [1.29, 1.82) is 0 Å². The first-order chi connectivity index (χ1) is 10.2. The number of hydrogen-bond donors (Lipinski definition) is 0. The molecule has 24 heavy (non-hydrogen) atoms. The van der Waals surface area contributed by atoms with E-state index < -0.39 is 0 Å². The van der Waals surface area contributed by atoms with Crippen molar-refractivity contribution in [2.45, 2.75) is 0 Å². The van der Waals surface area contributed by atoms with Crippen molar-refractivity contribution in [3.63, 3.8) is 0 Å². The fourth-order valence-electron chi connectivity index (χ4n) is 2.28. The summed E-state index contributed by atoms with van der Waals surface area (Å²) < 4.78 is 10.7. The van der Waals surface area contributed by atoms with Gasteiger partial charge in [-0.15, -0.1) is 12.1 Å². The summed E-state index contributed by atoms with van der Waals surface area (Å²) in [6, 6.07) is 11.7. The van der Waals surface area contributed by atoms with Gasteiger partial charge < -0.3 is 21.1 Å². The summed E-state index contributed by atoms with van der Waals surface area (Å²) >= 11 is 0. The number of nitrogens with two attached hydrogens (primary N) is 1. The Hall–Kier alpha value is -2.19. The second kappa shape index (κ2) is 9.19. The molecule has 0 radical (unpaired) electrons. The van der Waals surface area contributed by atoms with Crippen LogP contribution >= 0.6 is 0 Å². The van der Waals surface area contributed by atoms with Gasteiger partial charge in [0.05, 0.1) is 25.4 Å². The molecule has 0 bridgehead atoms. The van der Waals surface area contributed by atoms with Crippen LogP contribution in [-0.4, -0.2) is 24.2 Å². The van der Waals surface area contributed by atoms with Crippen LogP contribution in [0.15, 0.2) is 42.7 Å². The van der Waals surface area contributed by atoms with E-state index in [-0.39, 0.29) is 31.4 Å². The molecule has 0 spiro atoms. The second-order valence-electron chi connectivity index (χ2n) is 4.64. The smallest absolute Gasteiger partial charge is 0.693 e. The van der Waals surface area contributed by atoms with Crippen LogP contribution in [0.3, 0.4) is 0 Å². The van der Waals surface area contributed by atoms with Crippen molar-refractivity contribution in [3.05, 3.63) is 61.4 Å².